The maximum Gasteiger partial charge on any atom is 0.364 e. The van der Waals surface area contributed by atoms with Gasteiger partial charge >= 0.3 is 11.1 Å². The molecule has 0 bridgehead atoms. The summed E-state index contributed by atoms with van der Waals surface area (Å²) in [6, 6.07) is 5.67. The van der Waals surface area contributed by atoms with Gasteiger partial charge in [0.15, 0.2) is 0 Å². The first-order valence-electron chi connectivity index (χ1n) is 3.70. The Labute approximate surface area is 90.6 Å². The zero-order valence-corrected chi connectivity index (χ0v) is 8.77. The Hall–Kier alpha value is -0.800. The summed E-state index contributed by atoms with van der Waals surface area (Å²) in [7, 11) is 1.06. The number of carbonyl (C=O) groups excluding carboxylic acids is 1. The maximum absolute atomic E-state index is 13.6. The Morgan fingerprint density at radius 3 is 2.71 bits per heavy atom. The zero-order valence-electron chi connectivity index (χ0n) is 7.26. The van der Waals surface area contributed by atoms with Crippen LogP contribution in [0.4, 0.5) is 4.39 Å². The number of methoxy groups -OCH3 is 1. The van der Waals surface area contributed by atoms with Crippen LogP contribution in [0.25, 0.3) is 0 Å². The SMILES string of the molecule is COC(=O)C(F)(Cl)c1cccc(Cl)c1. The van der Waals surface area contributed by atoms with Crippen LogP contribution in [-0.4, -0.2) is 13.1 Å². The Kier molecular flexibility index (Phi) is 3.34. The van der Waals surface area contributed by atoms with Gasteiger partial charge in [0, 0.05) is 10.6 Å². The molecule has 0 fully saturated rings. The summed E-state index contributed by atoms with van der Waals surface area (Å²) in [6.07, 6.45) is 0. The van der Waals surface area contributed by atoms with Gasteiger partial charge in [0.2, 0.25) is 0 Å². The molecule has 14 heavy (non-hydrogen) atoms. The predicted octanol–water partition coefficient (Wildman–Crippen LogP) is 2.87. The molecular weight excluding hydrogens is 230 g/mol. The second-order valence-corrected chi connectivity index (χ2v) is 3.53. The van der Waals surface area contributed by atoms with Gasteiger partial charge in [0.1, 0.15) is 0 Å². The van der Waals surface area contributed by atoms with E-state index in [1.807, 2.05) is 0 Å². The van der Waals surface area contributed by atoms with E-state index in [4.69, 9.17) is 23.2 Å². The van der Waals surface area contributed by atoms with Crippen LogP contribution < -0.4 is 0 Å². The van der Waals surface area contributed by atoms with E-state index in [0.29, 0.717) is 5.02 Å². The average molecular weight is 237 g/mol. The molecule has 0 aromatic heterocycles. The molecule has 1 aromatic carbocycles. The molecule has 0 aliphatic carbocycles. The Balaban J connectivity index is 3.09. The largest absolute Gasteiger partial charge is 0.465 e. The zero-order chi connectivity index (χ0) is 10.8. The highest BCUT2D eigenvalue weighted by atomic mass is 35.5. The molecule has 1 aromatic rings. The normalized spacial score (nSPS) is 14.6. The van der Waals surface area contributed by atoms with Gasteiger partial charge in [-0.05, 0) is 12.1 Å². The number of benzene rings is 1. The summed E-state index contributed by atoms with van der Waals surface area (Å²) in [6.45, 7) is 0. The van der Waals surface area contributed by atoms with Crippen LogP contribution in [0.2, 0.25) is 5.02 Å². The second kappa shape index (κ2) is 4.15. The third-order valence-electron chi connectivity index (χ3n) is 1.63. The number of ether oxygens (including phenoxy) is 1. The fourth-order valence-electron chi connectivity index (χ4n) is 0.930. The lowest BCUT2D eigenvalue weighted by Gasteiger charge is -2.15. The molecule has 0 aliphatic rings. The second-order valence-electron chi connectivity index (χ2n) is 2.58. The fourth-order valence-corrected chi connectivity index (χ4v) is 1.31. The minimum Gasteiger partial charge on any atom is -0.465 e. The van der Waals surface area contributed by atoms with E-state index in [-0.39, 0.29) is 5.56 Å². The third-order valence-corrected chi connectivity index (χ3v) is 2.24. The minimum atomic E-state index is -2.68. The molecule has 0 radical (unpaired) electrons. The number of rotatable bonds is 2. The molecule has 0 aliphatic heterocycles. The quantitative estimate of drug-likeness (QED) is 0.583. The van der Waals surface area contributed by atoms with Crippen molar-refractivity contribution in [1.29, 1.82) is 0 Å². The van der Waals surface area contributed by atoms with Crippen LogP contribution in [0.3, 0.4) is 0 Å². The molecule has 0 spiro atoms. The highest BCUT2D eigenvalue weighted by Crippen LogP contribution is 2.33. The molecule has 1 unspecified atom stereocenters. The Morgan fingerprint density at radius 2 is 2.21 bits per heavy atom. The number of alkyl halides is 2. The van der Waals surface area contributed by atoms with Gasteiger partial charge in [-0.15, -0.1) is 0 Å². The number of halogens is 3. The average Bonchev–Trinajstić information content (AvgIpc) is 2.16. The molecule has 1 rings (SSSR count). The van der Waals surface area contributed by atoms with E-state index >= 15 is 0 Å². The molecule has 5 heteroatoms. The van der Waals surface area contributed by atoms with E-state index in [9.17, 15) is 9.18 Å². The molecular formula is C9H7Cl2FO2. The van der Waals surface area contributed by atoms with Crippen LogP contribution >= 0.6 is 23.2 Å². The van der Waals surface area contributed by atoms with Gasteiger partial charge in [-0.3, -0.25) is 0 Å². The maximum atomic E-state index is 13.6. The van der Waals surface area contributed by atoms with Gasteiger partial charge in [-0.2, -0.15) is 0 Å². The van der Waals surface area contributed by atoms with Crippen LogP contribution in [0.5, 0.6) is 0 Å². The summed E-state index contributed by atoms with van der Waals surface area (Å²) >= 11 is 11.0. The molecule has 0 N–H and O–H groups in total. The summed E-state index contributed by atoms with van der Waals surface area (Å²) in [5.41, 5.74) is -0.0430. The van der Waals surface area contributed by atoms with Crippen molar-refractivity contribution in [3.05, 3.63) is 34.9 Å². The Bertz CT molecular complexity index is 352. The van der Waals surface area contributed by atoms with Crippen molar-refractivity contribution in [3.63, 3.8) is 0 Å². The van der Waals surface area contributed by atoms with Crippen LogP contribution in [-0.2, 0) is 14.7 Å². The van der Waals surface area contributed by atoms with Crippen molar-refractivity contribution < 1.29 is 13.9 Å². The lowest BCUT2D eigenvalue weighted by Crippen LogP contribution is -2.25. The number of esters is 1. The first kappa shape index (κ1) is 11.3. The van der Waals surface area contributed by atoms with Gasteiger partial charge in [-0.25, -0.2) is 9.18 Å². The topological polar surface area (TPSA) is 26.3 Å². The lowest BCUT2D eigenvalue weighted by atomic mass is 10.1. The van der Waals surface area contributed by atoms with E-state index in [0.717, 1.165) is 7.11 Å². The van der Waals surface area contributed by atoms with Crippen molar-refractivity contribution in [2.45, 2.75) is 5.13 Å². The van der Waals surface area contributed by atoms with Crippen LogP contribution in [0, 0.1) is 0 Å². The van der Waals surface area contributed by atoms with Gasteiger partial charge < -0.3 is 4.74 Å². The molecule has 0 saturated heterocycles. The van der Waals surface area contributed by atoms with E-state index < -0.39 is 11.1 Å². The van der Waals surface area contributed by atoms with E-state index in [1.165, 1.54) is 18.2 Å². The third kappa shape index (κ3) is 2.16. The van der Waals surface area contributed by atoms with Crippen molar-refractivity contribution in [2.75, 3.05) is 7.11 Å². The number of hydrogen-bond acceptors (Lipinski definition) is 2. The molecule has 0 amide bonds. The Morgan fingerprint density at radius 1 is 1.57 bits per heavy atom. The predicted molar refractivity (Wildman–Crippen MR) is 52.1 cm³/mol. The number of hydrogen-bond donors (Lipinski definition) is 0. The summed E-state index contributed by atoms with van der Waals surface area (Å²) in [5.74, 6) is -1.17. The fraction of sp³-hybridized carbons (Fsp3) is 0.222. The molecule has 76 valence electrons. The minimum absolute atomic E-state index is 0.0430. The van der Waals surface area contributed by atoms with Crippen LogP contribution in [0.15, 0.2) is 24.3 Å². The summed E-state index contributed by atoms with van der Waals surface area (Å²) in [4.78, 5) is 11.0. The molecule has 1 atom stereocenters. The highest BCUT2D eigenvalue weighted by Gasteiger charge is 2.39. The molecule has 2 nitrogen and oxygen atoms in total. The summed E-state index contributed by atoms with van der Waals surface area (Å²) < 4.78 is 17.8. The van der Waals surface area contributed by atoms with Crippen molar-refractivity contribution >= 4 is 29.2 Å². The first-order valence-corrected chi connectivity index (χ1v) is 4.46. The van der Waals surface area contributed by atoms with Gasteiger partial charge in [-0.1, -0.05) is 35.3 Å². The molecule has 0 saturated carbocycles. The molecule has 0 heterocycles. The summed E-state index contributed by atoms with van der Waals surface area (Å²) in [5, 5.41) is -2.38. The lowest BCUT2D eigenvalue weighted by molar-refractivity contribution is -0.149. The monoisotopic (exact) mass is 236 g/mol. The first-order chi connectivity index (χ1) is 6.48. The highest BCUT2D eigenvalue weighted by molar-refractivity contribution is 6.33. The number of carbonyl (C=O) groups is 1. The van der Waals surface area contributed by atoms with E-state index in [1.54, 1.807) is 6.07 Å². The van der Waals surface area contributed by atoms with E-state index in [2.05, 4.69) is 4.74 Å². The van der Waals surface area contributed by atoms with Gasteiger partial charge in [0.25, 0.3) is 0 Å². The van der Waals surface area contributed by atoms with Crippen molar-refractivity contribution in [1.82, 2.24) is 0 Å². The smallest absolute Gasteiger partial charge is 0.364 e. The van der Waals surface area contributed by atoms with Crippen molar-refractivity contribution in [2.24, 2.45) is 0 Å². The van der Waals surface area contributed by atoms with Gasteiger partial charge in [0.05, 0.1) is 7.11 Å². The van der Waals surface area contributed by atoms with Crippen LogP contribution in [0.1, 0.15) is 5.56 Å². The standard InChI is InChI=1S/C9H7Cl2FO2/c1-14-8(13)9(11,12)6-3-2-4-7(10)5-6/h2-5H,1H3. The van der Waals surface area contributed by atoms with Crippen molar-refractivity contribution in [3.8, 4) is 0 Å².